The van der Waals surface area contributed by atoms with Crippen molar-refractivity contribution in [1.29, 1.82) is 0 Å². The predicted octanol–water partition coefficient (Wildman–Crippen LogP) is 2.37. The summed E-state index contributed by atoms with van der Waals surface area (Å²) in [7, 11) is 0. The van der Waals surface area contributed by atoms with E-state index in [2.05, 4.69) is 0 Å². The number of likely N-dealkylation sites (tertiary alicyclic amines) is 1. The monoisotopic (exact) mass is 331 g/mol. The number of hydrogen-bond donors (Lipinski definition) is 0. The number of carbonyl (C=O) groups excluding carboxylic acids is 2. The second-order valence-corrected chi connectivity index (χ2v) is 5.99. The topological polar surface area (TPSA) is 65.1 Å². The maximum absolute atomic E-state index is 12.1. The molecule has 0 unspecified atom stereocenters. The van der Waals surface area contributed by atoms with Crippen molar-refractivity contribution in [2.45, 2.75) is 32.2 Å². The van der Waals surface area contributed by atoms with Gasteiger partial charge >= 0.3 is 5.97 Å². The average molecular weight is 331 g/mol. The third kappa shape index (κ3) is 3.88. The van der Waals surface area contributed by atoms with Gasteiger partial charge in [0.2, 0.25) is 6.79 Å². The van der Waals surface area contributed by atoms with Gasteiger partial charge in [-0.15, -0.1) is 0 Å². The van der Waals surface area contributed by atoms with Crippen molar-refractivity contribution in [3.05, 3.63) is 29.8 Å². The molecule has 0 aromatic heterocycles. The van der Waals surface area contributed by atoms with Crippen LogP contribution in [0.15, 0.2) is 24.3 Å². The molecule has 0 bridgehead atoms. The van der Waals surface area contributed by atoms with Gasteiger partial charge in [0.15, 0.2) is 18.1 Å². The molecule has 0 aliphatic carbocycles. The summed E-state index contributed by atoms with van der Waals surface area (Å²) in [5.74, 6) is 0.675. The lowest BCUT2D eigenvalue weighted by molar-refractivity contribution is -0.149. The fourth-order valence-corrected chi connectivity index (χ4v) is 2.91. The SMILES string of the molecule is C[C@@H]1CCCCN1C(=O)COC(=O)/C=C/c1ccc2c(c1)OCO2. The molecule has 2 aliphatic heterocycles. The van der Waals surface area contributed by atoms with Gasteiger partial charge in [0.05, 0.1) is 0 Å². The lowest BCUT2D eigenvalue weighted by Crippen LogP contribution is -2.44. The Morgan fingerprint density at radius 2 is 2.12 bits per heavy atom. The molecule has 0 N–H and O–H groups in total. The molecule has 1 amide bonds. The van der Waals surface area contributed by atoms with E-state index in [1.54, 1.807) is 23.1 Å². The zero-order chi connectivity index (χ0) is 16.9. The fraction of sp³-hybridized carbons (Fsp3) is 0.444. The van der Waals surface area contributed by atoms with Crippen molar-refractivity contribution in [2.24, 2.45) is 0 Å². The summed E-state index contributed by atoms with van der Waals surface area (Å²) in [6, 6.07) is 5.60. The number of benzene rings is 1. The van der Waals surface area contributed by atoms with Crippen molar-refractivity contribution in [2.75, 3.05) is 19.9 Å². The van der Waals surface area contributed by atoms with E-state index in [4.69, 9.17) is 14.2 Å². The Labute approximate surface area is 141 Å². The molecule has 3 rings (SSSR count). The second-order valence-electron chi connectivity index (χ2n) is 5.99. The smallest absolute Gasteiger partial charge is 0.331 e. The first-order valence-corrected chi connectivity index (χ1v) is 8.17. The number of fused-ring (bicyclic) bond motifs is 1. The molecule has 1 aromatic rings. The molecule has 6 nitrogen and oxygen atoms in total. The summed E-state index contributed by atoms with van der Waals surface area (Å²) in [5.41, 5.74) is 0.798. The van der Waals surface area contributed by atoms with Gasteiger partial charge in [-0.1, -0.05) is 6.07 Å². The number of piperidine rings is 1. The third-order valence-electron chi connectivity index (χ3n) is 4.27. The van der Waals surface area contributed by atoms with E-state index in [9.17, 15) is 9.59 Å². The molecule has 1 fully saturated rings. The van der Waals surface area contributed by atoms with Crippen LogP contribution in [0.25, 0.3) is 6.08 Å². The first-order chi connectivity index (χ1) is 11.6. The normalized spacial score (nSPS) is 19.5. The minimum Gasteiger partial charge on any atom is -0.454 e. The van der Waals surface area contributed by atoms with Crippen LogP contribution in [0.5, 0.6) is 11.5 Å². The first kappa shape index (κ1) is 16.4. The number of nitrogens with zero attached hydrogens (tertiary/aromatic N) is 1. The molecule has 0 spiro atoms. The molecule has 6 heteroatoms. The number of ether oxygens (including phenoxy) is 3. The summed E-state index contributed by atoms with van der Waals surface area (Å²) >= 11 is 0. The van der Waals surface area contributed by atoms with E-state index in [0.29, 0.717) is 11.5 Å². The van der Waals surface area contributed by atoms with Crippen LogP contribution in [0.3, 0.4) is 0 Å². The predicted molar refractivity (Wildman–Crippen MR) is 87.6 cm³/mol. The number of esters is 1. The second kappa shape index (κ2) is 7.38. The van der Waals surface area contributed by atoms with Crippen LogP contribution >= 0.6 is 0 Å². The fourth-order valence-electron chi connectivity index (χ4n) is 2.91. The van der Waals surface area contributed by atoms with Crippen molar-refractivity contribution in [3.63, 3.8) is 0 Å². The maximum atomic E-state index is 12.1. The molecular formula is C18H21NO5. The molecule has 0 radical (unpaired) electrons. The number of hydrogen-bond acceptors (Lipinski definition) is 5. The Morgan fingerprint density at radius 3 is 2.96 bits per heavy atom. The quantitative estimate of drug-likeness (QED) is 0.626. The highest BCUT2D eigenvalue weighted by Gasteiger charge is 2.23. The van der Waals surface area contributed by atoms with Crippen LogP contribution in [0, 0.1) is 0 Å². The van der Waals surface area contributed by atoms with Gasteiger partial charge in [-0.2, -0.15) is 0 Å². The summed E-state index contributed by atoms with van der Waals surface area (Å²) in [5, 5.41) is 0. The van der Waals surface area contributed by atoms with Gasteiger partial charge in [0, 0.05) is 18.7 Å². The van der Waals surface area contributed by atoms with Crippen molar-refractivity contribution in [3.8, 4) is 11.5 Å². The summed E-state index contributed by atoms with van der Waals surface area (Å²) in [6.45, 7) is 2.76. The number of amides is 1. The zero-order valence-electron chi connectivity index (χ0n) is 13.7. The number of rotatable bonds is 4. The van der Waals surface area contributed by atoms with Gasteiger partial charge in [-0.05, 0) is 50.0 Å². The lowest BCUT2D eigenvalue weighted by Gasteiger charge is -2.33. The largest absolute Gasteiger partial charge is 0.454 e. The van der Waals surface area contributed by atoms with Gasteiger partial charge in [-0.25, -0.2) is 4.79 Å². The van der Waals surface area contributed by atoms with E-state index in [-0.39, 0.29) is 25.3 Å². The summed E-state index contributed by atoms with van der Waals surface area (Å²) < 4.78 is 15.6. The zero-order valence-corrected chi connectivity index (χ0v) is 13.7. The van der Waals surface area contributed by atoms with Crippen LogP contribution in [0.2, 0.25) is 0 Å². The Kier molecular flexibility index (Phi) is 5.03. The van der Waals surface area contributed by atoms with Crippen LogP contribution in [0.1, 0.15) is 31.7 Å². The van der Waals surface area contributed by atoms with Crippen LogP contribution in [-0.4, -0.2) is 42.8 Å². The maximum Gasteiger partial charge on any atom is 0.331 e. The standard InChI is InChI=1S/C18H21NO5/c1-13-4-2-3-9-19(13)17(20)11-22-18(21)8-6-14-5-7-15-16(10-14)24-12-23-15/h5-8,10,13H,2-4,9,11-12H2,1H3/b8-6+/t13-/m1/s1. The molecule has 128 valence electrons. The molecule has 24 heavy (non-hydrogen) atoms. The molecule has 2 heterocycles. The van der Waals surface area contributed by atoms with E-state index < -0.39 is 5.97 Å². The Morgan fingerprint density at radius 1 is 1.29 bits per heavy atom. The third-order valence-corrected chi connectivity index (χ3v) is 4.27. The Bertz CT molecular complexity index is 655. The van der Waals surface area contributed by atoms with E-state index in [1.165, 1.54) is 6.08 Å². The first-order valence-electron chi connectivity index (χ1n) is 8.17. The molecule has 1 saturated heterocycles. The van der Waals surface area contributed by atoms with Crippen LogP contribution in [0.4, 0.5) is 0 Å². The minimum atomic E-state index is -0.536. The van der Waals surface area contributed by atoms with E-state index in [0.717, 1.165) is 31.4 Å². The highest BCUT2D eigenvalue weighted by atomic mass is 16.7. The van der Waals surface area contributed by atoms with Gasteiger partial charge in [0.25, 0.3) is 5.91 Å². The van der Waals surface area contributed by atoms with Gasteiger partial charge < -0.3 is 19.1 Å². The van der Waals surface area contributed by atoms with Crippen LogP contribution in [-0.2, 0) is 14.3 Å². The van der Waals surface area contributed by atoms with Gasteiger partial charge in [0.1, 0.15) is 0 Å². The van der Waals surface area contributed by atoms with E-state index in [1.807, 2.05) is 13.0 Å². The van der Waals surface area contributed by atoms with Crippen molar-refractivity contribution < 1.29 is 23.8 Å². The molecular weight excluding hydrogens is 310 g/mol. The highest BCUT2D eigenvalue weighted by molar-refractivity contribution is 5.89. The summed E-state index contributed by atoms with van der Waals surface area (Å²) in [4.78, 5) is 25.7. The van der Waals surface area contributed by atoms with Gasteiger partial charge in [-0.3, -0.25) is 4.79 Å². The molecule has 1 aromatic carbocycles. The van der Waals surface area contributed by atoms with Crippen molar-refractivity contribution in [1.82, 2.24) is 4.90 Å². The minimum absolute atomic E-state index is 0.132. The van der Waals surface area contributed by atoms with E-state index >= 15 is 0 Å². The lowest BCUT2D eigenvalue weighted by atomic mass is 10.0. The molecule has 0 saturated carbocycles. The van der Waals surface area contributed by atoms with Crippen LogP contribution < -0.4 is 9.47 Å². The summed E-state index contributed by atoms with van der Waals surface area (Å²) in [6.07, 6.45) is 6.09. The molecule has 1 atom stereocenters. The molecule has 2 aliphatic rings. The Hall–Kier alpha value is -2.50. The average Bonchev–Trinajstić information content (AvgIpc) is 3.06. The highest BCUT2D eigenvalue weighted by Crippen LogP contribution is 2.32. The Balaban J connectivity index is 1.49. The van der Waals surface area contributed by atoms with Crippen molar-refractivity contribution >= 4 is 18.0 Å². The number of carbonyl (C=O) groups is 2.